The standard InChI is InChI=1S/C27H31N3O2/c28-17-24(18-5-2-1-3-6-18)26(19-9-11-20(12-10-19)27(29)32)25-16-22(13-14-30-25)21-7-4-8-23(31)15-21/h1-8,13-16,19-20,24,26,31H,9-12,17,28H2,(H2,29,32). The van der Waals surface area contributed by atoms with Gasteiger partial charge in [-0.05, 0) is 79.1 Å². The smallest absolute Gasteiger partial charge is 0.220 e. The summed E-state index contributed by atoms with van der Waals surface area (Å²) in [5, 5.41) is 9.93. The summed E-state index contributed by atoms with van der Waals surface area (Å²) in [5.74, 6) is 0.637. The number of phenols is 1. The van der Waals surface area contributed by atoms with Crippen LogP contribution in [-0.2, 0) is 4.79 Å². The molecular formula is C27H31N3O2. The molecule has 0 saturated heterocycles. The average molecular weight is 430 g/mol. The van der Waals surface area contributed by atoms with E-state index in [9.17, 15) is 9.90 Å². The lowest BCUT2D eigenvalue weighted by Crippen LogP contribution is -2.33. The second-order valence-corrected chi connectivity index (χ2v) is 8.81. The molecule has 5 N–H and O–H groups in total. The number of primary amides is 1. The molecule has 1 saturated carbocycles. The van der Waals surface area contributed by atoms with Crippen LogP contribution >= 0.6 is 0 Å². The van der Waals surface area contributed by atoms with E-state index in [1.165, 1.54) is 5.56 Å². The van der Waals surface area contributed by atoms with Crippen LogP contribution in [0.4, 0.5) is 0 Å². The predicted molar refractivity (Wildman–Crippen MR) is 127 cm³/mol. The third-order valence-electron chi connectivity index (χ3n) is 6.90. The molecule has 32 heavy (non-hydrogen) atoms. The van der Waals surface area contributed by atoms with Gasteiger partial charge < -0.3 is 16.6 Å². The van der Waals surface area contributed by atoms with Crippen molar-refractivity contribution in [2.75, 3.05) is 6.54 Å². The molecule has 1 aliphatic carbocycles. The highest BCUT2D eigenvalue weighted by molar-refractivity contribution is 5.76. The number of nitrogens with zero attached hydrogens (tertiary/aromatic N) is 1. The van der Waals surface area contributed by atoms with Crippen LogP contribution in [0.15, 0.2) is 72.9 Å². The Bertz CT molecular complexity index is 1050. The zero-order valence-electron chi connectivity index (χ0n) is 18.2. The highest BCUT2D eigenvalue weighted by Crippen LogP contribution is 2.45. The molecular weight excluding hydrogens is 398 g/mol. The molecule has 166 valence electrons. The van der Waals surface area contributed by atoms with Crippen molar-refractivity contribution in [3.8, 4) is 16.9 Å². The highest BCUT2D eigenvalue weighted by atomic mass is 16.3. The van der Waals surface area contributed by atoms with E-state index < -0.39 is 0 Å². The Morgan fingerprint density at radius 2 is 1.69 bits per heavy atom. The van der Waals surface area contributed by atoms with E-state index in [1.807, 2.05) is 30.5 Å². The maximum atomic E-state index is 11.7. The molecule has 0 bridgehead atoms. The first-order valence-electron chi connectivity index (χ1n) is 11.4. The van der Waals surface area contributed by atoms with Crippen LogP contribution in [0.2, 0.25) is 0 Å². The summed E-state index contributed by atoms with van der Waals surface area (Å²) in [6.07, 6.45) is 5.33. The largest absolute Gasteiger partial charge is 0.508 e. The van der Waals surface area contributed by atoms with E-state index in [4.69, 9.17) is 16.5 Å². The summed E-state index contributed by atoms with van der Waals surface area (Å²) in [5.41, 5.74) is 16.1. The summed E-state index contributed by atoms with van der Waals surface area (Å²) in [6, 6.07) is 21.8. The lowest BCUT2D eigenvalue weighted by atomic mass is 9.68. The summed E-state index contributed by atoms with van der Waals surface area (Å²) >= 11 is 0. The van der Waals surface area contributed by atoms with Gasteiger partial charge in [0, 0.05) is 29.6 Å². The molecule has 1 amide bonds. The first-order valence-corrected chi connectivity index (χ1v) is 11.4. The number of aromatic hydroxyl groups is 1. The van der Waals surface area contributed by atoms with Crippen LogP contribution in [0, 0.1) is 11.8 Å². The number of benzene rings is 2. The Kier molecular flexibility index (Phi) is 6.86. The lowest BCUT2D eigenvalue weighted by molar-refractivity contribution is -0.123. The normalized spacial score (nSPS) is 20.4. The number of hydrogen-bond donors (Lipinski definition) is 3. The van der Waals surface area contributed by atoms with Crippen LogP contribution in [0.1, 0.15) is 48.8 Å². The van der Waals surface area contributed by atoms with Crippen molar-refractivity contribution < 1.29 is 9.90 Å². The number of carbonyl (C=O) groups excluding carboxylic acids is 1. The number of carbonyl (C=O) groups is 1. The number of hydrogen-bond acceptors (Lipinski definition) is 4. The summed E-state index contributed by atoms with van der Waals surface area (Å²) in [6.45, 7) is 0.516. The van der Waals surface area contributed by atoms with Gasteiger partial charge >= 0.3 is 0 Å². The van der Waals surface area contributed by atoms with E-state index >= 15 is 0 Å². The van der Waals surface area contributed by atoms with Gasteiger partial charge in [-0.2, -0.15) is 0 Å². The minimum atomic E-state index is -0.192. The van der Waals surface area contributed by atoms with Crippen molar-refractivity contribution in [3.05, 3.63) is 84.2 Å². The average Bonchev–Trinajstić information content (AvgIpc) is 2.83. The summed E-state index contributed by atoms with van der Waals surface area (Å²) in [4.78, 5) is 16.5. The van der Waals surface area contributed by atoms with Gasteiger partial charge in [-0.15, -0.1) is 0 Å². The molecule has 2 unspecified atom stereocenters. The third kappa shape index (κ3) is 4.83. The molecule has 0 aliphatic heterocycles. The Morgan fingerprint density at radius 3 is 2.34 bits per heavy atom. The first kappa shape index (κ1) is 22.0. The van der Waals surface area contributed by atoms with Crippen molar-refractivity contribution in [2.24, 2.45) is 23.3 Å². The van der Waals surface area contributed by atoms with E-state index in [0.717, 1.165) is 42.5 Å². The topological polar surface area (TPSA) is 102 Å². The van der Waals surface area contributed by atoms with Crippen molar-refractivity contribution in [3.63, 3.8) is 0 Å². The molecule has 1 heterocycles. The molecule has 0 spiro atoms. The third-order valence-corrected chi connectivity index (χ3v) is 6.90. The Labute approximate surface area is 189 Å². The number of rotatable bonds is 7. The SMILES string of the molecule is NCC(c1ccccc1)C(c1cc(-c2cccc(O)c2)ccn1)C1CCC(C(N)=O)CC1. The molecule has 5 nitrogen and oxygen atoms in total. The molecule has 2 atom stereocenters. The van der Waals surface area contributed by atoms with E-state index in [0.29, 0.717) is 12.5 Å². The molecule has 1 aliphatic rings. The summed E-state index contributed by atoms with van der Waals surface area (Å²) in [7, 11) is 0. The van der Waals surface area contributed by atoms with E-state index in [1.54, 1.807) is 12.1 Å². The van der Waals surface area contributed by atoms with Gasteiger partial charge in [0.15, 0.2) is 0 Å². The Balaban J connectivity index is 1.72. The highest BCUT2D eigenvalue weighted by Gasteiger charge is 2.36. The molecule has 0 radical (unpaired) electrons. The van der Waals surface area contributed by atoms with Gasteiger partial charge in [-0.3, -0.25) is 9.78 Å². The maximum absolute atomic E-state index is 11.7. The van der Waals surface area contributed by atoms with Gasteiger partial charge in [0.25, 0.3) is 0 Å². The van der Waals surface area contributed by atoms with Crippen LogP contribution in [0.3, 0.4) is 0 Å². The van der Waals surface area contributed by atoms with Crippen LogP contribution in [-0.4, -0.2) is 22.5 Å². The van der Waals surface area contributed by atoms with E-state index in [-0.39, 0.29) is 29.4 Å². The van der Waals surface area contributed by atoms with Gasteiger partial charge in [-0.25, -0.2) is 0 Å². The lowest BCUT2D eigenvalue weighted by Gasteiger charge is -2.37. The quantitative estimate of drug-likeness (QED) is 0.512. The number of pyridine rings is 1. The maximum Gasteiger partial charge on any atom is 0.220 e. The fraction of sp³-hybridized carbons (Fsp3) is 0.333. The molecule has 3 aromatic rings. The van der Waals surface area contributed by atoms with Crippen molar-refractivity contribution in [2.45, 2.75) is 37.5 Å². The minimum absolute atomic E-state index is 0.0356. The molecule has 1 fully saturated rings. The van der Waals surface area contributed by atoms with Gasteiger partial charge in [0.1, 0.15) is 5.75 Å². The van der Waals surface area contributed by atoms with Gasteiger partial charge in [0.05, 0.1) is 0 Å². The van der Waals surface area contributed by atoms with Gasteiger partial charge in [-0.1, -0.05) is 42.5 Å². The monoisotopic (exact) mass is 429 g/mol. The number of phenolic OH excluding ortho intramolecular Hbond substituents is 1. The van der Waals surface area contributed by atoms with Crippen LogP contribution in [0.25, 0.3) is 11.1 Å². The van der Waals surface area contributed by atoms with Crippen molar-refractivity contribution >= 4 is 5.91 Å². The number of amides is 1. The van der Waals surface area contributed by atoms with Crippen LogP contribution < -0.4 is 11.5 Å². The predicted octanol–water partition coefficient (Wildman–Crippen LogP) is 4.57. The van der Waals surface area contributed by atoms with Gasteiger partial charge in [0.2, 0.25) is 5.91 Å². The summed E-state index contributed by atoms with van der Waals surface area (Å²) < 4.78 is 0. The Morgan fingerprint density at radius 1 is 0.969 bits per heavy atom. The molecule has 5 heteroatoms. The fourth-order valence-corrected chi connectivity index (χ4v) is 5.22. The second-order valence-electron chi connectivity index (χ2n) is 8.81. The van der Waals surface area contributed by atoms with E-state index in [2.05, 4.69) is 30.3 Å². The fourth-order valence-electron chi connectivity index (χ4n) is 5.22. The number of aromatic nitrogens is 1. The van der Waals surface area contributed by atoms with Crippen LogP contribution in [0.5, 0.6) is 5.75 Å². The molecule has 1 aromatic heterocycles. The second kappa shape index (κ2) is 9.96. The zero-order valence-corrected chi connectivity index (χ0v) is 18.2. The molecule has 4 rings (SSSR count). The van der Waals surface area contributed by atoms with Crippen molar-refractivity contribution in [1.29, 1.82) is 0 Å². The number of nitrogens with two attached hydrogens (primary N) is 2. The zero-order chi connectivity index (χ0) is 22.5. The molecule has 2 aromatic carbocycles. The Hall–Kier alpha value is -3.18. The first-order chi connectivity index (χ1) is 15.6. The minimum Gasteiger partial charge on any atom is -0.508 e. The van der Waals surface area contributed by atoms with Crippen molar-refractivity contribution in [1.82, 2.24) is 4.98 Å².